The molecule has 2 aromatic rings. The van der Waals surface area contributed by atoms with Crippen LogP contribution in [0.5, 0.6) is 0 Å². The van der Waals surface area contributed by atoms with Crippen LogP contribution in [0.4, 0.5) is 0 Å². The fourth-order valence-corrected chi connectivity index (χ4v) is 4.49. The van der Waals surface area contributed by atoms with E-state index in [4.69, 9.17) is 4.74 Å². The van der Waals surface area contributed by atoms with Gasteiger partial charge in [0.05, 0.1) is 19.1 Å². The molecule has 3 aliphatic heterocycles. The van der Waals surface area contributed by atoms with Gasteiger partial charge in [0.25, 0.3) is 5.91 Å². The van der Waals surface area contributed by atoms with Gasteiger partial charge in [-0.2, -0.15) is 0 Å². The molecule has 8 heteroatoms. The smallest absolute Gasteiger partial charge is 0.254 e. The number of hydrogen-bond donors (Lipinski definition) is 0. The molecule has 134 valence electrons. The van der Waals surface area contributed by atoms with Crippen molar-refractivity contribution < 1.29 is 14.3 Å². The minimum absolute atomic E-state index is 0.0642. The highest BCUT2D eigenvalue weighted by atomic mass is 16.5. The summed E-state index contributed by atoms with van der Waals surface area (Å²) >= 11 is 0. The van der Waals surface area contributed by atoms with Crippen molar-refractivity contribution in [3.8, 4) is 5.69 Å². The molecule has 0 radical (unpaired) electrons. The topological polar surface area (TPSA) is 80.6 Å². The highest BCUT2D eigenvalue weighted by molar-refractivity contribution is 5.96. The molecule has 5 rings (SSSR count). The predicted molar refractivity (Wildman–Crippen MR) is 90.4 cm³/mol. The summed E-state index contributed by atoms with van der Waals surface area (Å²) in [6.45, 7) is 1.97. The van der Waals surface area contributed by atoms with Crippen LogP contribution in [-0.2, 0) is 9.53 Å². The van der Waals surface area contributed by atoms with Gasteiger partial charge in [0.1, 0.15) is 12.7 Å². The van der Waals surface area contributed by atoms with Crippen LogP contribution < -0.4 is 0 Å². The molecule has 1 spiro atoms. The molecule has 0 N–H and O–H groups in total. The number of rotatable bonds is 2. The Morgan fingerprint density at radius 1 is 1.23 bits per heavy atom. The SMILES string of the molecule is O=C(c1cccc(-n2cnnc2)c1)N1CC[C@@]23OCCCN2C(=O)C[C@@H]13. The molecule has 8 nitrogen and oxygen atoms in total. The Hall–Kier alpha value is -2.74. The number of aromatic nitrogens is 3. The molecule has 3 aliphatic rings. The molecular formula is C18H19N5O3. The highest BCUT2D eigenvalue weighted by Gasteiger charge is 2.61. The summed E-state index contributed by atoms with van der Waals surface area (Å²) in [5.74, 6) is 0.0241. The van der Waals surface area contributed by atoms with Crippen molar-refractivity contribution >= 4 is 11.8 Å². The summed E-state index contributed by atoms with van der Waals surface area (Å²) in [4.78, 5) is 29.3. The molecule has 1 aromatic carbocycles. The first kappa shape index (κ1) is 15.5. The van der Waals surface area contributed by atoms with Gasteiger partial charge < -0.3 is 14.5 Å². The Morgan fingerprint density at radius 3 is 2.92 bits per heavy atom. The van der Waals surface area contributed by atoms with E-state index in [0.717, 1.165) is 18.7 Å². The average Bonchev–Trinajstić information content (AvgIpc) is 3.37. The van der Waals surface area contributed by atoms with E-state index in [9.17, 15) is 9.59 Å². The zero-order valence-corrected chi connectivity index (χ0v) is 14.2. The van der Waals surface area contributed by atoms with E-state index in [1.807, 2.05) is 28.0 Å². The van der Waals surface area contributed by atoms with Gasteiger partial charge in [-0.1, -0.05) is 6.07 Å². The van der Waals surface area contributed by atoms with Gasteiger partial charge in [-0.3, -0.25) is 14.2 Å². The standard InChI is InChI=1S/C18H19N5O3/c24-16-10-15-18(23(16)6-2-8-26-18)5-7-22(15)17(25)13-3-1-4-14(9-13)21-11-19-20-12-21/h1,3-4,9,11-12,15H,2,5-8,10H2/t15-,18+/m1/s1. The van der Waals surface area contributed by atoms with Gasteiger partial charge >= 0.3 is 0 Å². The molecule has 0 aliphatic carbocycles. The largest absolute Gasteiger partial charge is 0.353 e. The zero-order chi connectivity index (χ0) is 17.7. The summed E-state index contributed by atoms with van der Waals surface area (Å²) < 4.78 is 7.83. The molecule has 0 unspecified atom stereocenters. The monoisotopic (exact) mass is 353 g/mol. The second-order valence-corrected chi connectivity index (χ2v) is 6.98. The average molecular weight is 353 g/mol. The normalized spacial score (nSPS) is 27.5. The lowest BCUT2D eigenvalue weighted by Gasteiger charge is -2.42. The van der Waals surface area contributed by atoms with Crippen molar-refractivity contribution in [2.45, 2.75) is 31.0 Å². The van der Waals surface area contributed by atoms with E-state index < -0.39 is 5.72 Å². The van der Waals surface area contributed by atoms with E-state index in [0.29, 0.717) is 31.6 Å². The van der Waals surface area contributed by atoms with Gasteiger partial charge in [0.2, 0.25) is 5.91 Å². The van der Waals surface area contributed by atoms with Crippen LogP contribution in [0, 0.1) is 0 Å². The van der Waals surface area contributed by atoms with Gasteiger partial charge in [-0.05, 0) is 24.6 Å². The molecule has 2 amide bonds. The Kier molecular flexibility index (Phi) is 3.36. The minimum atomic E-state index is -0.614. The number of ether oxygens (including phenoxy) is 1. The third-order valence-corrected chi connectivity index (χ3v) is 5.68. The molecule has 0 bridgehead atoms. The van der Waals surface area contributed by atoms with Crippen LogP contribution in [0.15, 0.2) is 36.9 Å². The second kappa shape index (κ2) is 5.63. The third kappa shape index (κ3) is 2.11. The molecule has 1 aromatic heterocycles. The van der Waals surface area contributed by atoms with Gasteiger partial charge in [0, 0.05) is 30.8 Å². The number of benzene rings is 1. The fourth-order valence-electron chi connectivity index (χ4n) is 4.49. The first-order chi connectivity index (χ1) is 12.7. The lowest BCUT2D eigenvalue weighted by Crippen LogP contribution is -2.56. The maximum Gasteiger partial charge on any atom is 0.254 e. The van der Waals surface area contributed by atoms with Crippen molar-refractivity contribution in [3.05, 3.63) is 42.5 Å². The van der Waals surface area contributed by atoms with E-state index in [1.54, 1.807) is 23.3 Å². The number of carbonyl (C=O) groups is 2. The van der Waals surface area contributed by atoms with Gasteiger partial charge in [-0.25, -0.2) is 0 Å². The van der Waals surface area contributed by atoms with E-state index in [-0.39, 0.29) is 17.9 Å². The van der Waals surface area contributed by atoms with E-state index in [2.05, 4.69) is 10.2 Å². The van der Waals surface area contributed by atoms with E-state index >= 15 is 0 Å². The number of hydrogen-bond acceptors (Lipinski definition) is 5. The van der Waals surface area contributed by atoms with Crippen LogP contribution in [0.1, 0.15) is 29.6 Å². The third-order valence-electron chi connectivity index (χ3n) is 5.68. The van der Waals surface area contributed by atoms with Gasteiger partial charge in [-0.15, -0.1) is 10.2 Å². The Labute approximate surface area is 150 Å². The Bertz CT molecular complexity index is 867. The molecule has 2 atom stereocenters. The molecule has 0 saturated carbocycles. The molecular weight excluding hydrogens is 334 g/mol. The summed E-state index contributed by atoms with van der Waals surface area (Å²) in [6, 6.07) is 7.17. The van der Waals surface area contributed by atoms with Crippen molar-refractivity contribution in [1.29, 1.82) is 0 Å². The first-order valence-corrected chi connectivity index (χ1v) is 8.89. The highest BCUT2D eigenvalue weighted by Crippen LogP contribution is 2.45. The Balaban J connectivity index is 1.45. The lowest BCUT2D eigenvalue weighted by molar-refractivity contribution is -0.179. The lowest BCUT2D eigenvalue weighted by atomic mass is 10.0. The fraction of sp³-hybridized carbons (Fsp3) is 0.444. The van der Waals surface area contributed by atoms with Crippen molar-refractivity contribution in [1.82, 2.24) is 24.6 Å². The van der Waals surface area contributed by atoms with E-state index in [1.165, 1.54) is 0 Å². The van der Waals surface area contributed by atoms with Crippen LogP contribution in [-0.4, -0.2) is 67.8 Å². The summed E-state index contributed by atoms with van der Waals surface area (Å²) in [5, 5.41) is 7.61. The van der Waals surface area contributed by atoms with Crippen molar-refractivity contribution in [2.75, 3.05) is 19.7 Å². The molecule has 3 fully saturated rings. The van der Waals surface area contributed by atoms with Crippen LogP contribution in [0.2, 0.25) is 0 Å². The number of likely N-dealkylation sites (tertiary alicyclic amines) is 1. The van der Waals surface area contributed by atoms with Crippen LogP contribution in [0.25, 0.3) is 5.69 Å². The molecule has 3 saturated heterocycles. The molecule has 4 heterocycles. The predicted octanol–water partition coefficient (Wildman–Crippen LogP) is 0.831. The van der Waals surface area contributed by atoms with Crippen molar-refractivity contribution in [2.24, 2.45) is 0 Å². The maximum atomic E-state index is 13.2. The Morgan fingerprint density at radius 2 is 2.08 bits per heavy atom. The summed E-state index contributed by atoms with van der Waals surface area (Å²) in [5.41, 5.74) is 0.805. The maximum absolute atomic E-state index is 13.2. The van der Waals surface area contributed by atoms with Crippen LogP contribution in [0.3, 0.4) is 0 Å². The van der Waals surface area contributed by atoms with Crippen molar-refractivity contribution in [3.63, 3.8) is 0 Å². The summed E-state index contributed by atoms with van der Waals surface area (Å²) in [7, 11) is 0. The van der Waals surface area contributed by atoms with Crippen LogP contribution >= 0.6 is 0 Å². The first-order valence-electron chi connectivity index (χ1n) is 8.89. The van der Waals surface area contributed by atoms with Gasteiger partial charge in [0.15, 0.2) is 5.72 Å². The molecule has 26 heavy (non-hydrogen) atoms. The summed E-state index contributed by atoms with van der Waals surface area (Å²) in [6.07, 6.45) is 5.07. The number of amides is 2. The second-order valence-electron chi connectivity index (χ2n) is 6.98. The minimum Gasteiger partial charge on any atom is -0.353 e. The number of nitrogens with zero attached hydrogens (tertiary/aromatic N) is 5. The number of carbonyl (C=O) groups excluding carboxylic acids is 2. The quantitative estimate of drug-likeness (QED) is 0.799. The zero-order valence-electron chi connectivity index (χ0n) is 14.2.